The molecule has 1 aromatic heterocycles. The van der Waals surface area contributed by atoms with Crippen LogP contribution >= 0.6 is 15.9 Å². The number of carbonyl (C=O) groups excluding carboxylic acids is 2. The number of carbonyl (C=O) groups is 2. The highest BCUT2D eigenvalue weighted by Crippen LogP contribution is 2.48. The van der Waals surface area contributed by atoms with Crippen LogP contribution in [0, 0.1) is 11.6 Å². The minimum atomic E-state index is -3.94. The number of hydrogen-bond acceptors (Lipinski definition) is 6. The quantitative estimate of drug-likeness (QED) is 0.231. The summed E-state index contributed by atoms with van der Waals surface area (Å²) < 4.78 is 66.6. The molecule has 12 heteroatoms. The minimum absolute atomic E-state index is 0.0349. The van der Waals surface area contributed by atoms with Gasteiger partial charge in [-0.3, -0.25) is 9.10 Å². The fourth-order valence-electron chi connectivity index (χ4n) is 4.78. The molecule has 0 radical (unpaired) electrons. The predicted molar refractivity (Wildman–Crippen MR) is 153 cm³/mol. The molecule has 0 atom stereocenters. The van der Waals surface area contributed by atoms with Crippen molar-refractivity contribution in [2.45, 2.75) is 25.3 Å². The van der Waals surface area contributed by atoms with Crippen LogP contribution in [0.1, 0.15) is 50.6 Å². The smallest absolute Gasteiger partial charge is 0.339 e. The molecule has 3 aromatic carbocycles. The fraction of sp³-hybridized carbons (Fsp3) is 0.241. The van der Waals surface area contributed by atoms with E-state index >= 15 is 0 Å². The molecule has 0 saturated heterocycles. The Hall–Kier alpha value is -3.77. The van der Waals surface area contributed by atoms with Crippen LogP contribution in [0.5, 0.6) is 0 Å². The molecular weight excluding hydrogens is 622 g/mol. The van der Waals surface area contributed by atoms with Crippen LogP contribution in [0.25, 0.3) is 22.3 Å². The van der Waals surface area contributed by atoms with Gasteiger partial charge in [0, 0.05) is 24.1 Å². The minimum Gasteiger partial charge on any atom is -0.465 e. The zero-order valence-electron chi connectivity index (χ0n) is 22.3. The molecule has 1 aliphatic rings. The third kappa shape index (κ3) is 5.58. The first kappa shape index (κ1) is 28.7. The molecule has 8 nitrogen and oxygen atoms in total. The zero-order chi connectivity index (χ0) is 29.6. The summed E-state index contributed by atoms with van der Waals surface area (Å²) in [5.74, 6) is -2.16. The summed E-state index contributed by atoms with van der Waals surface area (Å²) in [4.78, 5) is 25.2. The highest BCUT2D eigenvalue weighted by molar-refractivity contribution is 9.10. The molecule has 1 N–H and O–H groups in total. The van der Waals surface area contributed by atoms with Crippen molar-refractivity contribution in [2.75, 3.05) is 24.7 Å². The van der Waals surface area contributed by atoms with Crippen molar-refractivity contribution in [1.29, 1.82) is 0 Å². The lowest BCUT2D eigenvalue weighted by atomic mass is 10.00. The van der Waals surface area contributed by atoms with Gasteiger partial charge >= 0.3 is 5.97 Å². The third-order valence-corrected chi connectivity index (χ3v) is 8.84. The van der Waals surface area contributed by atoms with E-state index in [1.165, 1.54) is 37.4 Å². The Labute approximate surface area is 243 Å². The Kier molecular flexibility index (Phi) is 7.64. The van der Waals surface area contributed by atoms with Gasteiger partial charge in [0.2, 0.25) is 10.0 Å². The Morgan fingerprint density at radius 3 is 2.39 bits per heavy atom. The molecule has 0 spiro atoms. The van der Waals surface area contributed by atoms with Crippen molar-refractivity contribution in [1.82, 2.24) is 5.32 Å². The van der Waals surface area contributed by atoms with Gasteiger partial charge in [0.1, 0.15) is 23.0 Å². The molecule has 0 unspecified atom stereocenters. The topological polar surface area (TPSA) is 106 Å². The summed E-state index contributed by atoms with van der Waals surface area (Å²) >= 11 is 3.05. The molecule has 1 saturated carbocycles. The monoisotopic (exact) mass is 646 g/mol. The summed E-state index contributed by atoms with van der Waals surface area (Å²) in [7, 11) is -1.29. The van der Waals surface area contributed by atoms with Crippen molar-refractivity contribution in [3.63, 3.8) is 0 Å². The van der Waals surface area contributed by atoms with E-state index in [-0.39, 0.29) is 45.0 Å². The molecule has 1 fully saturated rings. The lowest BCUT2D eigenvalue weighted by Crippen LogP contribution is -2.30. The molecule has 4 aromatic rings. The van der Waals surface area contributed by atoms with Gasteiger partial charge in [-0.25, -0.2) is 22.0 Å². The molecule has 0 aliphatic heterocycles. The molecule has 214 valence electrons. The van der Waals surface area contributed by atoms with E-state index in [4.69, 9.17) is 9.15 Å². The zero-order valence-corrected chi connectivity index (χ0v) is 24.7. The number of nitrogens with one attached hydrogen (secondary N) is 1. The number of ether oxygens (including phenoxy) is 1. The van der Waals surface area contributed by atoms with Crippen LogP contribution in [-0.4, -0.2) is 40.7 Å². The molecular formula is C29H25BrF2N2O6S. The van der Waals surface area contributed by atoms with E-state index in [9.17, 15) is 26.8 Å². The summed E-state index contributed by atoms with van der Waals surface area (Å²) in [6, 6.07) is 11.3. The maximum atomic E-state index is 14.8. The molecule has 1 aliphatic carbocycles. The Bertz CT molecular complexity index is 1800. The SMILES string of the molecule is CNC(=O)c1c(-c2ccc(F)cc2)oc2cc(N(Cc3cc(F)c(Br)c(C(=O)OC)c3)S(C)(=O)=O)c(C3CC3)cc12. The van der Waals surface area contributed by atoms with Crippen molar-refractivity contribution < 1.29 is 35.9 Å². The van der Waals surface area contributed by atoms with Crippen LogP contribution in [-0.2, 0) is 21.3 Å². The summed E-state index contributed by atoms with van der Waals surface area (Å²) in [5, 5.41) is 3.09. The van der Waals surface area contributed by atoms with Crippen molar-refractivity contribution >= 4 is 54.5 Å². The Balaban J connectivity index is 1.71. The summed E-state index contributed by atoms with van der Waals surface area (Å²) in [6.07, 6.45) is 2.66. The molecule has 1 heterocycles. The second-order valence-electron chi connectivity index (χ2n) is 9.77. The number of benzene rings is 3. The van der Waals surface area contributed by atoms with Gasteiger partial charge in [-0.2, -0.15) is 0 Å². The Morgan fingerprint density at radius 1 is 1.12 bits per heavy atom. The van der Waals surface area contributed by atoms with Gasteiger partial charge in [0.05, 0.1) is 41.2 Å². The summed E-state index contributed by atoms with van der Waals surface area (Å²) in [6.45, 7) is -0.286. The van der Waals surface area contributed by atoms with Crippen LogP contribution in [0.15, 0.2) is 57.4 Å². The number of halogens is 3. The van der Waals surface area contributed by atoms with E-state index in [1.807, 2.05) is 0 Å². The third-order valence-electron chi connectivity index (χ3n) is 6.90. The van der Waals surface area contributed by atoms with Crippen LogP contribution in [0.2, 0.25) is 0 Å². The van der Waals surface area contributed by atoms with Gasteiger partial charge in [0.25, 0.3) is 5.91 Å². The van der Waals surface area contributed by atoms with E-state index < -0.39 is 33.5 Å². The van der Waals surface area contributed by atoms with E-state index in [0.29, 0.717) is 22.2 Å². The number of nitrogens with zero attached hydrogens (tertiary/aromatic N) is 1. The predicted octanol–water partition coefficient (Wildman–Crippen LogP) is 6.13. The number of rotatable bonds is 8. The molecule has 41 heavy (non-hydrogen) atoms. The van der Waals surface area contributed by atoms with Gasteiger partial charge < -0.3 is 14.5 Å². The first-order valence-electron chi connectivity index (χ1n) is 12.5. The average Bonchev–Trinajstić information content (AvgIpc) is 3.72. The lowest BCUT2D eigenvalue weighted by Gasteiger charge is -2.25. The van der Waals surface area contributed by atoms with Gasteiger partial charge in [-0.1, -0.05) is 0 Å². The number of amides is 1. The number of esters is 1. The molecule has 5 rings (SSSR count). The van der Waals surface area contributed by atoms with Crippen molar-refractivity contribution in [3.05, 3.63) is 86.9 Å². The average molecular weight is 647 g/mol. The van der Waals surface area contributed by atoms with Gasteiger partial charge in [-0.15, -0.1) is 0 Å². The largest absolute Gasteiger partial charge is 0.465 e. The van der Waals surface area contributed by atoms with Crippen molar-refractivity contribution in [3.8, 4) is 11.3 Å². The highest BCUT2D eigenvalue weighted by Gasteiger charge is 2.33. The maximum Gasteiger partial charge on any atom is 0.339 e. The lowest BCUT2D eigenvalue weighted by molar-refractivity contribution is 0.0598. The normalized spacial score (nSPS) is 13.3. The highest BCUT2D eigenvalue weighted by atomic mass is 79.9. The van der Waals surface area contributed by atoms with Crippen LogP contribution in [0.4, 0.5) is 14.5 Å². The van der Waals surface area contributed by atoms with Gasteiger partial charge in [0.15, 0.2) is 0 Å². The number of hydrogen-bond donors (Lipinski definition) is 1. The Morgan fingerprint density at radius 2 is 1.80 bits per heavy atom. The number of furan rings is 1. The molecule has 1 amide bonds. The van der Waals surface area contributed by atoms with Gasteiger partial charge in [-0.05, 0) is 88.3 Å². The standard InChI is InChI=1S/C29H25BrF2N2O6S/c1-33-28(35)25-20-12-19(16-4-5-16)23(13-24(20)40-27(25)17-6-8-18(31)9-7-17)34(41(3,37)38)14-15-10-21(29(36)39-2)26(30)22(32)11-15/h6-13,16H,4-5,14H2,1-3H3,(H,33,35). The number of methoxy groups -OCH3 is 1. The van der Waals surface area contributed by atoms with Crippen molar-refractivity contribution in [2.24, 2.45) is 0 Å². The van der Waals surface area contributed by atoms with E-state index in [1.54, 1.807) is 12.1 Å². The van der Waals surface area contributed by atoms with Crippen LogP contribution < -0.4 is 9.62 Å². The first-order valence-corrected chi connectivity index (χ1v) is 15.2. The number of sulfonamides is 1. The second-order valence-corrected chi connectivity index (χ2v) is 12.5. The summed E-state index contributed by atoms with van der Waals surface area (Å²) in [5.41, 5.74) is 2.09. The first-order chi connectivity index (χ1) is 19.4. The van der Waals surface area contributed by atoms with E-state index in [0.717, 1.165) is 36.6 Å². The van der Waals surface area contributed by atoms with Crippen LogP contribution in [0.3, 0.4) is 0 Å². The molecule has 0 bridgehead atoms. The number of anilines is 1. The maximum absolute atomic E-state index is 14.8. The second kappa shape index (κ2) is 10.9. The fourth-order valence-corrected chi connectivity index (χ4v) is 6.07. The number of fused-ring (bicyclic) bond motifs is 1. The van der Waals surface area contributed by atoms with E-state index in [2.05, 4.69) is 21.2 Å².